The first-order chi connectivity index (χ1) is 7.14. The van der Waals surface area contributed by atoms with Crippen molar-refractivity contribution in [2.75, 3.05) is 0 Å². The van der Waals surface area contributed by atoms with E-state index in [9.17, 15) is 26.3 Å². The number of nitrogens with two attached hydrogens (primary N) is 1. The van der Waals surface area contributed by atoms with E-state index in [4.69, 9.17) is 0 Å². The molecule has 2 N–H and O–H groups in total. The molecule has 0 saturated heterocycles. The van der Waals surface area contributed by atoms with Crippen molar-refractivity contribution in [3.8, 4) is 0 Å². The maximum Gasteiger partial charge on any atom is 0.391 e. The summed E-state index contributed by atoms with van der Waals surface area (Å²) in [5, 5.41) is 0. The first-order valence-corrected chi connectivity index (χ1v) is 4.63. The van der Waals surface area contributed by atoms with E-state index in [2.05, 4.69) is 10.7 Å². The van der Waals surface area contributed by atoms with Gasteiger partial charge in [0.2, 0.25) is 0 Å². The van der Waals surface area contributed by atoms with Crippen molar-refractivity contribution < 1.29 is 31.2 Å². The van der Waals surface area contributed by atoms with E-state index >= 15 is 0 Å². The first kappa shape index (κ1) is 13.6. The van der Waals surface area contributed by atoms with E-state index in [1.54, 1.807) is 0 Å². The van der Waals surface area contributed by atoms with Crippen LogP contribution < -0.4 is 5.90 Å². The highest BCUT2D eigenvalue weighted by atomic mass is 19.4. The van der Waals surface area contributed by atoms with Crippen LogP contribution in [0.3, 0.4) is 0 Å². The Balaban J connectivity index is 2.77. The van der Waals surface area contributed by atoms with Crippen LogP contribution in [0.2, 0.25) is 0 Å². The SMILES string of the molecule is NOC1CC(C(F)(F)F)CC(C(F)(F)F)C1. The lowest BCUT2D eigenvalue weighted by atomic mass is 9.79. The molecule has 0 aromatic carbocycles. The largest absolute Gasteiger partial charge is 0.391 e. The molecule has 0 spiro atoms. The smallest absolute Gasteiger partial charge is 0.301 e. The molecule has 1 aliphatic rings. The minimum Gasteiger partial charge on any atom is -0.301 e. The molecule has 0 radical (unpaired) electrons. The van der Waals surface area contributed by atoms with Crippen molar-refractivity contribution in [1.29, 1.82) is 0 Å². The summed E-state index contributed by atoms with van der Waals surface area (Å²) >= 11 is 0. The minimum atomic E-state index is -4.64. The second-order valence-corrected chi connectivity index (χ2v) is 3.94. The second-order valence-electron chi connectivity index (χ2n) is 3.94. The normalized spacial score (nSPS) is 32.8. The molecule has 96 valence electrons. The van der Waals surface area contributed by atoms with Gasteiger partial charge < -0.3 is 4.84 Å². The fraction of sp³-hybridized carbons (Fsp3) is 1.00. The molecule has 2 atom stereocenters. The van der Waals surface area contributed by atoms with Crippen LogP contribution in [0.5, 0.6) is 0 Å². The maximum absolute atomic E-state index is 12.3. The lowest BCUT2D eigenvalue weighted by Gasteiger charge is -2.35. The highest BCUT2D eigenvalue weighted by molar-refractivity contribution is 4.86. The Labute approximate surface area is 87.7 Å². The van der Waals surface area contributed by atoms with Gasteiger partial charge in [0, 0.05) is 0 Å². The molecule has 1 saturated carbocycles. The van der Waals surface area contributed by atoms with Gasteiger partial charge in [0.05, 0.1) is 17.9 Å². The molecule has 1 rings (SSSR count). The number of hydrogen-bond acceptors (Lipinski definition) is 2. The maximum atomic E-state index is 12.3. The van der Waals surface area contributed by atoms with E-state index in [0.29, 0.717) is 0 Å². The molecule has 0 heterocycles. The van der Waals surface area contributed by atoms with E-state index in [-0.39, 0.29) is 0 Å². The Bertz CT molecular complexity index is 216. The monoisotopic (exact) mass is 251 g/mol. The number of alkyl halides is 6. The molecule has 0 bridgehead atoms. The summed E-state index contributed by atoms with van der Waals surface area (Å²) in [6.45, 7) is 0. The van der Waals surface area contributed by atoms with Crippen LogP contribution in [0.1, 0.15) is 19.3 Å². The number of rotatable bonds is 1. The Hall–Kier alpha value is -0.500. The third-order valence-corrected chi connectivity index (χ3v) is 2.78. The van der Waals surface area contributed by atoms with Gasteiger partial charge in [-0.25, -0.2) is 5.90 Å². The summed E-state index contributed by atoms with van der Waals surface area (Å²) in [6.07, 6.45) is -12.4. The summed E-state index contributed by atoms with van der Waals surface area (Å²) in [4.78, 5) is 4.14. The summed E-state index contributed by atoms with van der Waals surface area (Å²) in [7, 11) is 0. The molecule has 2 unspecified atom stereocenters. The standard InChI is InChI=1S/C8H11F6NO/c9-7(10,11)4-1-5(8(12,13)14)3-6(2-4)16-15/h4-6H,1-3,15H2. The molecule has 0 amide bonds. The predicted molar refractivity (Wildman–Crippen MR) is 42.0 cm³/mol. The summed E-state index contributed by atoms with van der Waals surface area (Å²) in [5.41, 5.74) is 0. The summed E-state index contributed by atoms with van der Waals surface area (Å²) in [6, 6.07) is 0. The number of halogens is 6. The van der Waals surface area contributed by atoms with Crippen LogP contribution >= 0.6 is 0 Å². The fourth-order valence-electron chi connectivity index (χ4n) is 1.91. The van der Waals surface area contributed by atoms with E-state index < -0.39 is 49.6 Å². The van der Waals surface area contributed by atoms with Crippen molar-refractivity contribution >= 4 is 0 Å². The molecule has 16 heavy (non-hydrogen) atoms. The van der Waals surface area contributed by atoms with Gasteiger partial charge >= 0.3 is 12.4 Å². The van der Waals surface area contributed by atoms with Gasteiger partial charge in [0.25, 0.3) is 0 Å². The van der Waals surface area contributed by atoms with Crippen molar-refractivity contribution in [3.05, 3.63) is 0 Å². The fourth-order valence-corrected chi connectivity index (χ4v) is 1.91. The highest BCUT2D eigenvalue weighted by Crippen LogP contribution is 2.45. The molecular weight excluding hydrogens is 240 g/mol. The van der Waals surface area contributed by atoms with Gasteiger partial charge in [-0.3, -0.25) is 0 Å². The van der Waals surface area contributed by atoms with Crippen LogP contribution in [-0.2, 0) is 4.84 Å². The molecule has 2 nitrogen and oxygen atoms in total. The van der Waals surface area contributed by atoms with Gasteiger partial charge in [0.15, 0.2) is 0 Å². The van der Waals surface area contributed by atoms with Gasteiger partial charge in [0.1, 0.15) is 0 Å². The average molecular weight is 251 g/mol. The van der Waals surface area contributed by atoms with Crippen LogP contribution in [0.25, 0.3) is 0 Å². The third kappa shape index (κ3) is 3.24. The van der Waals surface area contributed by atoms with Crippen LogP contribution in [0, 0.1) is 11.8 Å². The van der Waals surface area contributed by atoms with Gasteiger partial charge in [-0.15, -0.1) is 0 Å². The molecule has 8 heteroatoms. The lowest BCUT2D eigenvalue weighted by molar-refractivity contribution is -0.237. The Kier molecular flexibility index (Phi) is 3.73. The van der Waals surface area contributed by atoms with Crippen molar-refractivity contribution in [3.63, 3.8) is 0 Å². The zero-order valence-electron chi connectivity index (χ0n) is 8.11. The molecule has 0 aromatic heterocycles. The Morgan fingerprint density at radius 3 is 1.44 bits per heavy atom. The van der Waals surface area contributed by atoms with Gasteiger partial charge in [-0.05, 0) is 19.3 Å². The topological polar surface area (TPSA) is 35.2 Å². The highest BCUT2D eigenvalue weighted by Gasteiger charge is 2.52. The van der Waals surface area contributed by atoms with Crippen LogP contribution in [-0.4, -0.2) is 18.5 Å². The summed E-state index contributed by atoms with van der Waals surface area (Å²) < 4.78 is 74.1. The van der Waals surface area contributed by atoms with Crippen molar-refractivity contribution in [1.82, 2.24) is 0 Å². The zero-order valence-corrected chi connectivity index (χ0v) is 8.11. The van der Waals surface area contributed by atoms with Gasteiger partial charge in [-0.1, -0.05) is 0 Å². The molecule has 0 aromatic rings. The molecule has 1 fully saturated rings. The Morgan fingerprint density at radius 1 is 0.812 bits per heavy atom. The lowest BCUT2D eigenvalue weighted by Crippen LogP contribution is -2.41. The van der Waals surface area contributed by atoms with Crippen molar-refractivity contribution in [2.45, 2.75) is 37.7 Å². The van der Waals surface area contributed by atoms with E-state index in [0.717, 1.165) is 0 Å². The number of hydrogen-bond donors (Lipinski definition) is 1. The summed E-state index contributed by atoms with van der Waals surface area (Å²) in [5.74, 6) is 0.682. The third-order valence-electron chi connectivity index (χ3n) is 2.78. The van der Waals surface area contributed by atoms with Crippen LogP contribution in [0.15, 0.2) is 0 Å². The van der Waals surface area contributed by atoms with Crippen molar-refractivity contribution in [2.24, 2.45) is 17.7 Å². The first-order valence-electron chi connectivity index (χ1n) is 4.63. The average Bonchev–Trinajstić information content (AvgIpc) is 2.14. The predicted octanol–water partition coefficient (Wildman–Crippen LogP) is 2.79. The van der Waals surface area contributed by atoms with E-state index in [1.807, 2.05) is 0 Å². The quantitative estimate of drug-likeness (QED) is 0.574. The molecule has 0 aliphatic heterocycles. The second kappa shape index (κ2) is 4.40. The van der Waals surface area contributed by atoms with Gasteiger partial charge in [-0.2, -0.15) is 26.3 Å². The Morgan fingerprint density at radius 2 is 1.19 bits per heavy atom. The molecular formula is C8H11F6NO. The minimum absolute atomic E-state index is 0.507. The van der Waals surface area contributed by atoms with Crippen LogP contribution in [0.4, 0.5) is 26.3 Å². The zero-order chi connectivity index (χ0) is 12.6. The molecule has 1 aliphatic carbocycles. The van der Waals surface area contributed by atoms with E-state index in [1.165, 1.54) is 0 Å².